The van der Waals surface area contributed by atoms with Crippen molar-refractivity contribution in [1.82, 2.24) is 9.97 Å². The number of aliphatic hydroxyl groups excluding tert-OH is 1. The molecule has 28 heavy (non-hydrogen) atoms. The zero-order valence-corrected chi connectivity index (χ0v) is 16.6. The molecule has 0 saturated carbocycles. The zero-order chi connectivity index (χ0) is 19.3. The predicted molar refractivity (Wildman–Crippen MR) is 111 cm³/mol. The molecule has 150 valence electrons. The summed E-state index contributed by atoms with van der Waals surface area (Å²) < 4.78 is 5.35. The predicted octanol–water partition coefficient (Wildman–Crippen LogP) is 2.91. The van der Waals surface area contributed by atoms with Crippen LogP contribution in [0.5, 0.6) is 5.75 Å². The average Bonchev–Trinajstić information content (AvgIpc) is 3.23. The molecule has 0 radical (unpaired) electrons. The standard InChI is InChI=1S/C22H30N4O2/c1-28-20-6-2-4-18(13-20)12-17-7-10-25(11-8-17)21-14-22(24-16-23-21)26-9-3-5-19(26)15-27/h2,4,6,13-14,16-17,19,27H,3,5,7-12,15H2,1H3. The number of anilines is 2. The second kappa shape index (κ2) is 8.78. The number of aliphatic hydroxyl groups is 1. The lowest BCUT2D eigenvalue weighted by molar-refractivity contribution is 0.266. The Morgan fingerprint density at radius 1 is 1.07 bits per heavy atom. The van der Waals surface area contributed by atoms with Crippen molar-refractivity contribution in [2.45, 2.75) is 38.1 Å². The Hall–Kier alpha value is -2.34. The first-order valence-corrected chi connectivity index (χ1v) is 10.3. The number of hydrogen-bond donors (Lipinski definition) is 1. The van der Waals surface area contributed by atoms with Crippen LogP contribution in [0.25, 0.3) is 0 Å². The number of methoxy groups -OCH3 is 1. The van der Waals surface area contributed by atoms with E-state index in [1.54, 1.807) is 13.4 Å². The van der Waals surface area contributed by atoms with Crippen molar-refractivity contribution in [3.05, 3.63) is 42.2 Å². The third-order valence-corrected chi connectivity index (χ3v) is 6.12. The molecular formula is C22H30N4O2. The summed E-state index contributed by atoms with van der Waals surface area (Å²) in [6.07, 6.45) is 7.25. The Bertz CT molecular complexity index is 777. The summed E-state index contributed by atoms with van der Waals surface area (Å²) in [5.74, 6) is 3.59. The molecule has 6 nitrogen and oxygen atoms in total. The van der Waals surface area contributed by atoms with Gasteiger partial charge in [-0.25, -0.2) is 9.97 Å². The smallest absolute Gasteiger partial charge is 0.134 e. The summed E-state index contributed by atoms with van der Waals surface area (Å²) in [6.45, 7) is 3.20. The molecule has 2 fully saturated rings. The monoisotopic (exact) mass is 382 g/mol. The Balaban J connectivity index is 1.36. The van der Waals surface area contributed by atoms with Gasteiger partial charge in [0.2, 0.25) is 0 Å². The van der Waals surface area contributed by atoms with Crippen LogP contribution in [0.15, 0.2) is 36.7 Å². The molecular weight excluding hydrogens is 352 g/mol. The number of nitrogens with zero attached hydrogens (tertiary/aromatic N) is 4. The minimum atomic E-state index is 0.189. The lowest BCUT2D eigenvalue weighted by atomic mass is 9.90. The highest BCUT2D eigenvalue weighted by Gasteiger charge is 2.26. The van der Waals surface area contributed by atoms with Crippen molar-refractivity contribution in [3.8, 4) is 5.75 Å². The highest BCUT2D eigenvalue weighted by molar-refractivity contribution is 5.51. The van der Waals surface area contributed by atoms with Gasteiger partial charge in [-0.15, -0.1) is 0 Å². The maximum Gasteiger partial charge on any atom is 0.134 e. The van der Waals surface area contributed by atoms with Crippen LogP contribution >= 0.6 is 0 Å². The van der Waals surface area contributed by atoms with Gasteiger partial charge in [0, 0.05) is 25.7 Å². The molecule has 1 unspecified atom stereocenters. The lowest BCUT2D eigenvalue weighted by Gasteiger charge is -2.33. The molecule has 0 bridgehead atoms. The first-order valence-electron chi connectivity index (χ1n) is 10.3. The molecule has 2 aromatic rings. The van der Waals surface area contributed by atoms with Gasteiger partial charge in [0.25, 0.3) is 0 Å². The normalized spacial score (nSPS) is 20.6. The lowest BCUT2D eigenvalue weighted by Crippen LogP contribution is -2.36. The SMILES string of the molecule is COc1cccc(CC2CCN(c3cc(N4CCCC4CO)ncn3)CC2)c1. The van der Waals surface area contributed by atoms with E-state index in [1.165, 1.54) is 18.4 Å². The van der Waals surface area contributed by atoms with Crippen molar-refractivity contribution >= 4 is 11.6 Å². The largest absolute Gasteiger partial charge is 0.497 e. The van der Waals surface area contributed by atoms with Gasteiger partial charge in [0.05, 0.1) is 19.8 Å². The van der Waals surface area contributed by atoms with Crippen LogP contribution in [0.3, 0.4) is 0 Å². The second-order valence-electron chi connectivity index (χ2n) is 7.89. The molecule has 0 aliphatic carbocycles. The van der Waals surface area contributed by atoms with Crippen molar-refractivity contribution < 1.29 is 9.84 Å². The summed E-state index contributed by atoms with van der Waals surface area (Å²) in [7, 11) is 1.72. The van der Waals surface area contributed by atoms with Crippen LogP contribution in [-0.4, -0.2) is 54.5 Å². The molecule has 1 atom stereocenters. The van der Waals surface area contributed by atoms with E-state index < -0.39 is 0 Å². The van der Waals surface area contributed by atoms with Crippen LogP contribution in [0.2, 0.25) is 0 Å². The van der Waals surface area contributed by atoms with Gasteiger partial charge in [-0.05, 0) is 55.7 Å². The number of piperidine rings is 1. The van der Waals surface area contributed by atoms with Crippen LogP contribution < -0.4 is 14.5 Å². The quantitative estimate of drug-likeness (QED) is 0.829. The van der Waals surface area contributed by atoms with Gasteiger partial charge in [-0.2, -0.15) is 0 Å². The minimum absolute atomic E-state index is 0.189. The van der Waals surface area contributed by atoms with Gasteiger partial charge in [0.1, 0.15) is 23.7 Å². The van der Waals surface area contributed by atoms with Gasteiger partial charge in [-0.1, -0.05) is 12.1 Å². The molecule has 0 amide bonds. The van der Waals surface area contributed by atoms with E-state index in [2.05, 4.69) is 44.0 Å². The van der Waals surface area contributed by atoms with Crippen molar-refractivity contribution in [2.75, 3.05) is 43.2 Å². The molecule has 2 saturated heterocycles. The molecule has 4 rings (SSSR count). The van der Waals surface area contributed by atoms with Crippen LogP contribution in [-0.2, 0) is 6.42 Å². The van der Waals surface area contributed by atoms with Gasteiger partial charge in [-0.3, -0.25) is 0 Å². The summed E-state index contributed by atoms with van der Waals surface area (Å²) in [6, 6.07) is 10.7. The van der Waals surface area contributed by atoms with E-state index in [-0.39, 0.29) is 12.6 Å². The first-order chi connectivity index (χ1) is 13.8. The second-order valence-corrected chi connectivity index (χ2v) is 7.89. The zero-order valence-electron chi connectivity index (χ0n) is 16.6. The van der Waals surface area contributed by atoms with Gasteiger partial charge < -0.3 is 19.6 Å². The van der Waals surface area contributed by atoms with Crippen LogP contribution in [0, 0.1) is 5.92 Å². The van der Waals surface area contributed by atoms with E-state index in [1.807, 2.05) is 6.07 Å². The van der Waals surface area contributed by atoms with Crippen molar-refractivity contribution in [1.29, 1.82) is 0 Å². The third-order valence-electron chi connectivity index (χ3n) is 6.12. The van der Waals surface area contributed by atoms with Crippen molar-refractivity contribution in [3.63, 3.8) is 0 Å². The molecule has 1 aromatic carbocycles. The summed E-state index contributed by atoms with van der Waals surface area (Å²) in [4.78, 5) is 13.6. The van der Waals surface area contributed by atoms with E-state index in [0.717, 1.165) is 56.3 Å². The highest BCUT2D eigenvalue weighted by atomic mass is 16.5. The topological polar surface area (TPSA) is 61.7 Å². The van der Waals surface area contributed by atoms with Crippen LogP contribution in [0.4, 0.5) is 11.6 Å². The van der Waals surface area contributed by atoms with Crippen molar-refractivity contribution in [2.24, 2.45) is 5.92 Å². The van der Waals surface area contributed by atoms with Gasteiger partial charge >= 0.3 is 0 Å². The first kappa shape index (κ1) is 19.0. The Labute approximate surface area is 167 Å². The van der Waals surface area contributed by atoms with Crippen LogP contribution in [0.1, 0.15) is 31.2 Å². The molecule has 1 aromatic heterocycles. The number of aromatic nitrogens is 2. The highest BCUT2D eigenvalue weighted by Crippen LogP contribution is 2.29. The van der Waals surface area contributed by atoms with E-state index in [9.17, 15) is 5.11 Å². The fraction of sp³-hybridized carbons (Fsp3) is 0.545. The minimum Gasteiger partial charge on any atom is -0.497 e. The Kier molecular flexibility index (Phi) is 5.95. The molecule has 2 aliphatic heterocycles. The Morgan fingerprint density at radius 3 is 2.68 bits per heavy atom. The van der Waals surface area contributed by atoms with E-state index in [4.69, 9.17) is 4.74 Å². The number of benzene rings is 1. The molecule has 6 heteroatoms. The Morgan fingerprint density at radius 2 is 1.89 bits per heavy atom. The maximum atomic E-state index is 9.60. The molecule has 2 aliphatic rings. The average molecular weight is 383 g/mol. The van der Waals surface area contributed by atoms with E-state index in [0.29, 0.717) is 5.92 Å². The fourth-order valence-electron chi connectivity index (χ4n) is 4.49. The molecule has 0 spiro atoms. The maximum absolute atomic E-state index is 9.60. The number of rotatable bonds is 6. The summed E-state index contributed by atoms with van der Waals surface area (Å²) in [5.41, 5.74) is 1.35. The number of ether oxygens (including phenoxy) is 1. The number of hydrogen-bond acceptors (Lipinski definition) is 6. The third kappa shape index (κ3) is 4.22. The summed E-state index contributed by atoms with van der Waals surface area (Å²) >= 11 is 0. The fourth-order valence-corrected chi connectivity index (χ4v) is 4.49. The van der Waals surface area contributed by atoms with E-state index >= 15 is 0 Å². The van der Waals surface area contributed by atoms with Gasteiger partial charge in [0.15, 0.2) is 0 Å². The molecule has 3 heterocycles. The molecule has 1 N–H and O–H groups in total. The summed E-state index contributed by atoms with van der Waals surface area (Å²) in [5, 5.41) is 9.60.